The quantitative estimate of drug-likeness (QED) is 0.826. The molecule has 0 atom stereocenters. The smallest absolute Gasteiger partial charge is 0.306 e. The van der Waals surface area contributed by atoms with E-state index in [-0.39, 0.29) is 24.7 Å². The van der Waals surface area contributed by atoms with Crippen LogP contribution in [0.25, 0.3) is 10.9 Å². The van der Waals surface area contributed by atoms with E-state index in [0.717, 1.165) is 29.4 Å². The first-order valence-corrected chi connectivity index (χ1v) is 7.01. The van der Waals surface area contributed by atoms with Crippen molar-refractivity contribution in [1.82, 2.24) is 9.88 Å². The van der Waals surface area contributed by atoms with Gasteiger partial charge in [-0.3, -0.25) is 14.2 Å². The summed E-state index contributed by atoms with van der Waals surface area (Å²) >= 11 is 0. The lowest BCUT2D eigenvalue weighted by atomic mass is 10.1. The van der Waals surface area contributed by atoms with Crippen molar-refractivity contribution >= 4 is 22.8 Å². The standard InChI is InChI=1S/C16H20N2O3/c1-17-10-9-12-11-18(14-6-4-3-5-13(12)14)15(19)7-8-16(20)21-2/h3-6,11,17H,7-10H2,1-2H3. The molecule has 0 aliphatic carbocycles. The van der Waals surface area contributed by atoms with E-state index in [1.165, 1.54) is 7.11 Å². The van der Waals surface area contributed by atoms with E-state index < -0.39 is 0 Å². The summed E-state index contributed by atoms with van der Waals surface area (Å²) in [5, 5.41) is 4.19. The molecule has 0 fully saturated rings. The van der Waals surface area contributed by atoms with Crippen molar-refractivity contribution in [1.29, 1.82) is 0 Å². The summed E-state index contributed by atoms with van der Waals surface area (Å²) in [6, 6.07) is 7.82. The Hall–Kier alpha value is -2.14. The lowest BCUT2D eigenvalue weighted by molar-refractivity contribution is -0.140. The molecule has 1 aromatic carbocycles. The largest absolute Gasteiger partial charge is 0.469 e. The van der Waals surface area contributed by atoms with Crippen molar-refractivity contribution in [2.24, 2.45) is 0 Å². The van der Waals surface area contributed by atoms with Gasteiger partial charge in [0.2, 0.25) is 5.91 Å². The number of nitrogens with zero attached hydrogens (tertiary/aromatic N) is 1. The van der Waals surface area contributed by atoms with Crippen LogP contribution in [0, 0.1) is 0 Å². The van der Waals surface area contributed by atoms with Gasteiger partial charge in [0.1, 0.15) is 0 Å². The van der Waals surface area contributed by atoms with Crippen LogP contribution < -0.4 is 5.32 Å². The molecule has 0 aliphatic heterocycles. The minimum atomic E-state index is -0.366. The Balaban J connectivity index is 2.26. The van der Waals surface area contributed by atoms with Crippen molar-refractivity contribution in [3.05, 3.63) is 36.0 Å². The molecule has 1 heterocycles. The third kappa shape index (κ3) is 3.49. The normalized spacial score (nSPS) is 10.8. The van der Waals surface area contributed by atoms with Crippen LogP contribution in [0.2, 0.25) is 0 Å². The first kappa shape index (κ1) is 15.3. The number of fused-ring (bicyclic) bond motifs is 1. The number of methoxy groups -OCH3 is 1. The van der Waals surface area contributed by atoms with Gasteiger partial charge in [0.05, 0.1) is 19.0 Å². The topological polar surface area (TPSA) is 60.3 Å². The number of hydrogen-bond donors (Lipinski definition) is 1. The highest BCUT2D eigenvalue weighted by Gasteiger charge is 2.14. The maximum absolute atomic E-state index is 12.3. The molecule has 5 heteroatoms. The summed E-state index contributed by atoms with van der Waals surface area (Å²) in [6.45, 7) is 0.852. The molecule has 5 nitrogen and oxygen atoms in total. The monoisotopic (exact) mass is 288 g/mol. The zero-order chi connectivity index (χ0) is 15.2. The number of hydrogen-bond acceptors (Lipinski definition) is 4. The van der Waals surface area contributed by atoms with Gasteiger partial charge in [-0.2, -0.15) is 0 Å². The lowest BCUT2D eigenvalue weighted by Gasteiger charge is -2.03. The molecule has 112 valence electrons. The number of esters is 1. The molecule has 0 bridgehead atoms. The molecule has 21 heavy (non-hydrogen) atoms. The van der Waals surface area contributed by atoms with Crippen LogP contribution in [0.1, 0.15) is 23.2 Å². The Morgan fingerprint density at radius 3 is 2.71 bits per heavy atom. The van der Waals surface area contributed by atoms with E-state index in [2.05, 4.69) is 10.1 Å². The number of carbonyl (C=O) groups excluding carboxylic acids is 2. The molecule has 2 aromatic rings. The van der Waals surface area contributed by atoms with Crippen LogP contribution in [0.5, 0.6) is 0 Å². The SMILES string of the molecule is CNCCc1cn(C(=O)CCC(=O)OC)c2ccccc12. The van der Waals surface area contributed by atoms with Crippen molar-refractivity contribution in [3.8, 4) is 0 Å². The summed E-state index contributed by atoms with van der Waals surface area (Å²) in [5.41, 5.74) is 2.02. The van der Waals surface area contributed by atoms with Crippen LogP contribution >= 0.6 is 0 Å². The Labute approximate surface area is 123 Å². The van der Waals surface area contributed by atoms with Gasteiger partial charge in [-0.25, -0.2) is 0 Å². The second-order valence-electron chi connectivity index (χ2n) is 4.86. The van der Waals surface area contributed by atoms with Gasteiger partial charge in [0, 0.05) is 18.0 Å². The molecule has 2 rings (SSSR count). The van der Waals surface area contributed by atoms with Crippen LogP contribution in [-0.4, -0.2) is 37.1 Å². The highest BCUT2D eigenvalue weighted by atomic mass is 16.5. The third-order valence-electron chi connectivity index (χ3n) is 3.48. The minimum absolute atomic E-state index is 0.0905. The average Bonchev–Trinajstić information content (AvgIpc) is 2.89. The van der Waals surface area contributed by atoms with Crippen molar-refractivity contribution in [2.75, 3.05) is 20.7 Å². The van der Waals surface area contributed by atoms with E-state index in [1.807, 2.05) is 37.5 Å². The molecule has 1 N–H and O–H groups in total. The Bertz CT molecular complexity index is 646. The molecular formula is C16H20N2O3. The van der Waals surface area contributed by atoms with Crippen molar-refractivity contribution < 1.29 is 14.3 Å². The number of carbonyl (C=O) groups is 2. The lowest BCUT2D eigenvalue weighted by Crippen LogP contribution is -2.12. The third-order valence-corrected chi connectivity index (χ3v) is 3.48. The average molecular weight is 288 g/mol. The van der Waals surface area contributed by atoms with Gasteiger partial charge in [-0.05, 0) is 31.6 Å². The first-order chi connectivity index (χ1) is 10.2. The summed E-state index contributed by atoms with van der Waals surface area (Å²) in [5.74, 6) is -0.456. The van der Waals surface area contributed by atoms with Crippen LogP contribution in [-0.2, 0) is 16.0 Å². The highest BCUT2D eigenvalue weighted by molar-refractivity contribution is 5.95. The predicted octanol–water partition coefficient (Wildman–Crippen LogP) is 2.00. The Kier molecular flexibility index (Phi) is 5.11. The Morgan fingerprint density at radius 2 is 2.00 bits per heavy atom. The summed E-state index contributed by atoms with van der Waals surface area (Å²) in [4.78, 5) is 23.5. The number of likely N-dealkylation sites (N-methyl/N-ethyl adjacent to an activating group) is 1. The van der Waals surface area contributed by atoms with Gasteiger partial charge < -0.3 is 10.1 Å². The molecule has 0 aliphatic rings. The zero-order valence-corrected chi connectivity index (χ0v) is 12.4. The fourth-order valence-corrected chi connectivity index (χ4v) is 2.35. The molecule has 0 saturated heterocycles. The number of para-hydroxylation sites is 1. The number of nitrogens with one attached hydrogen (secondary N) is 1. The minimum Gasteiger partial charge on any atom is -0.469 e. The second kappa shape index (κ2) is 7.04. The Morgan fingerprint density at radius 1 is 1.24 bits per heavy atom. The highest BCUT2D eigenvalue weighted by Crippen LogP contribution is 2.22. The van der Waals surface area contributed by atoms with E-state index in [1.54, 1.807) is 4.57 Å². The first-order valence-electron chi connectivity index (χ1n) is 7.01. The van der Waals surface area contributed by atoms with E-state index in [0.29, 0.717) is 0 Å². The molecule has 0 unspecified atom stereocenters. The maximum atomic E-state index is 12.3. The fourth-order valence-electron chi connectivity index (χ4n) is 2.35. The number of ether oxygens (including phenoxy) is 1. The van der Waals surface area contributed by atoms with Crippen molar-refractivity contribution in [2.45, 2.75) is 19.3 Å². The summed E-state index contributed by atoms with van der Waals surface area (Å²) in [6.07, 6.45) is 2.99. The van der Waals surface area contributed by atoms with Gasteiger partial charge in [0.15, 0.2) is 0 Å². The second-order valence-corrected chi connectivity index (χ2v) is 4.86. The predicted molar refractivity (Wildman–Crippen MR) is 81.4 cm³/mol. The van der Waals surface area contributed by atoms with Gasteiger partial charge in [-0.15, -0.1) is 0 Å². The van der Waals surface area contributed by atoms with Gasteiger partial charge >= 0.3 is 5.97 Å². The van der Waals surface area contributed by atoms with Gasteiger partial charge in [0.25, 0.3) is 0 Å². The van der Waals surface area contributed by atoms with Crippen molar-refractivity contribution in [3.63, 3.8) is 0 Å². The zero-order valence-electron chi connectivity index (χ0n) is 12.4. The molecule has 0 spiro atoms. The number of aromatic nitrogens is 1. The molecule has 0 saturated carbocycles. The summed E-state index contributed by atoms with van der Waals surface area (Å²) < 4.78 is 6.22. The van der Waals surface area contributed by atoms with Crippen LogP contribution in [0.4, 0.5) is 0 Å². The fraction of sp³-hybridized carbons (Fsp3) is 0.375. The molecular weight excluding hydrogens is 268 g/mol. The molecule has 0 radical (unpaired) electrons. The maximum Gasteiger partial charge on any atom is 0.306 e. The number of benzene rings is 1. The molecule has 1 aromatic heterocycles. The van der Waals surface area contributed by atoms with E-state index in [9.17, 15) is 9.59 Å². The van der Waals surface area contributed by atoms with Gasteiger partial charge in [-0.1, -0.05) is 18.2 Å². The van der Waals surface area contributed by atoms with E-state index >= 15 is 0 Å². The summed E-state index contributed by atoms with van der Waals surface area (Å²) in [7, 11) is 3.23. The molecule has 0 amide bonds. The van der Waals surface area contributed by atoms with E-state index in [4.69, 9.17) is 0 Å². The van der Waals surface area contributed by atoms with Crippen LogP contribution in [0.3, 0.4) is 0 Å². The van der Waals surface area contributed by atoms with Crippen LogP contribution in [0.15, 0.2) is 30.5 Å². The number of rotatable bonds is 6.